The van der Waals surface area contributed by atoms with Gasteiger partial charge in [-0.25, -0.2) is 0 Å². The summed E-state index contributed by atoms with van der Waals surface area (Å²) in [4.78, 5) is 13.9. The fraction of sp³-hybridized carbons (Fsp3) is 0.357. The molecule has 4 heteroatoms. The van der Waals surface area contributed by atoms with Crippen LogP contribution in [-0.4, -0.2) is 24.3 Å². The highest BCUT2D eigenvalue weighted by molar-refractivity contribution is 6.32. The summed E-state index contributed by atoms with van der Waals surface area (Å²) < 4.78 is 5.70. The molecule has 0 N–H and O–H groups in total. The number of nitrogens with zero attached hydrogens (tertiary/aromatic N) is 1. The molecule has 0 aliphatic carbocycles. The lowest BCUT2D eigenvalue weighted by atomic mass is 10.0. The van der Waals surface area contributed by atoms with Gasteiger partial charge in [-0.2, -0.15) is 0 Å². The van der Waals surface area contributed by atoms with Crippen molar-refractivity contribution in [2.75, 3.05) is 13.6 Å². The third-order valence-electron chi connectivity index (χ3n) is 3.50. The van der Waals surface area contributed by atoms with Crippen molar-refractivity contribution in [2.45, 2.75) is 19.9 Å². The van der Waals surface area contributed by atoms with Crippen LogP contribution in [0.25, 0.3) is 11.0 Å². The van der Waals surface area contributed by atoms with Crippen molar-refractivity contribution in [3.63, 3.8) is 0 Å². The van der Waals surface area contributed by atoms with E-state index in [1.54, 1.807) is 6.92 Å². The van der Waals surface area contributed by atoms with Gasteiger partial charge in [0.25, 0.3) is 0 Å². The Hall–Kier alpha value is -1.32. The van der Waals surface area contributed by atoms with E-state index >= 15 is 0 Å². The van der Waals surface area contributed by atoms with Crippen LogP contribution < -0.4 is 0 Å². The van der Waals surface area contributed by atoms with Gasteiger partial charge in [-0.15, -0.1) is 0 Å². The molecule has 0 spiro atoms. The average Bonchev–Trinajstić information content (AvgIpc) is 2.57. The van der Waals surface area contributed by atoms with E-state index in [1.165, 1.54) is 0 Å². The van der Waals surface area contributed by atoms with E-state index < -0.39 is 0 Å². The Morgan fingerprint density at radius 2 is 2.17 bits per heavy atom. The fourth-order valence-corrected chi connectivity index (χ4v) is 2.89. The second-order valence-electron chi connectivity index (χ2n) is 4.85. The van der Waals surface area contributed by atoms with Gasteiger partial charge in [0.15, 0.2) is 11.5 Å². The molecule has 2 heterocycles. The van der Waals surface area contributed by atoms with E-state index in [2.05, 4.69) is 4.90 Å². The molecular weight excluding hydrogens is 250 g/mol. The smallest absolute Gasteiger partial charge is 0.195 e. The lowest BCUT2D eigenvalue weighted by Gasteiger charge is -2.12. The van der Waals surface area contributed by atoms with Gasteiger partial charge in [-0.3, -0.25) is 4.79 Å². The minimum Gasteiger partial charge on any atom is -0.453 e. The molecule has 1 aromatic carbocycles. The number of likely N-dealkylation sites (N-methyl/N-ethyl adjacent to an activating group) is 1. The van der Waals surface area contributed by atoms with Crippen molar-refractivity contribution in [1.82, 2.24) is 4.90 Å². The number of hydrogen-bond donors (Lipinski definition) is 0. The molecule has 0 unspecified atom stereocenters. The van der Waals surface area contributed by atoms with E-state index in [1.807, 2.05) is 19.2 Å². The number of rotatable bonds is 1. The summed E-state index contributed by atoms with van der Waals surface area (Å²) in [6.07, 6.45) is 0.885. The fourth-order valence-electron chi connectivity index (χ4n) is 2.63. The van der Waals surface area contributed by atoms with Crippen molar-refractivity contribution in [3.8, 4) is 0 Å². The topological polar surface area (TPSA) is 33.5 Å². The molecule has 1 aliphatic rings. The first-order chi connectivity index (χ1) is 8.58. The summed E-state index contributed by atoms with van der Waals surface area (Å²) in [5.41, 5.74) is 2.85. The lowest BCUT2D eigenvalue weighted by molar-refractivity contribution is 0.0987. The number of ketones is 1. The number of carbonyl (C=O) groups is 1. The molecule has 3 rings (SSSR count). The normalized spacial score (nSPS) is 15.9. The first kappa shape index (κ1) is 11.8. The van der Waals surface area contributed by atoms with Crippen LogP contribution in [0.2, 0.25) is 5.02 Å². The van der Waals surface area contributed by atoms with Crippen molar-refractivity contribution < 1.29 is 9.21 Å². The summed E-state index contributed by atoms with van der Waals surface area (Å²) in [6.45, 7) is 3.21. The molecule has 1 aliphatic heterocycles. The average molecular weight is 264 g/mol. The van der Waals surface area contributed by atoms with Crippen LogP contribution in [0.3, 0.4) is 0 Å². The van der Waals surface area contributed by atoms with Crippen LogP contribution >= 0.6 is 11.6 Å². The van der Waals surface area contributed by atoms with Gasteiger partial charge in [0.05, 0.1) is 0 Å². The van der Waals surface area contributed by atoms with Crippen molar-refractivity contribution >= 4 is 28.4 Å². The molecule has 0 atom stereocenters. The summed E-state index contributed by atoms with van der Waals surface area (Å²) in [5.74, 6) is 0.445. The molecule has 0 saturated heterocycles. The molecule has 0 bridgehead atoms. The number of benzene rings is 1. The molecule has 0 fully saturated rings. The Bertz CT molecular complexity index is 645. The number of Topliss-reactive ketones (excluding diaryl/α,β-unsaturated/α-hetero) is 1. The monoisotopic (exact) mass is 263 g/mol. The van der Waals surface area contributed by atoms with Crippen LogP contribution in [-0.2, 0) is 13.0 Å². The minimum absolute atomic E-state index is 0.0291. The van der Waals surface area contributed by atoms with Crippen LogP contribution in [0.15, 0.2) is 16.5 Å². The molecule has 18 heavy (non-hydrogen) atoms. The van der Waals surface area contributed by atoms with Crippen LogP contribution in [0.1, 0.15) is 28.6 Å². The van der Waals surface area contributed by atoms with Crippen molar-refractivity contribution in [3.05, 3.63) is 34.0 Å². The third kappa shape index (κ3) is 1.66. The highest BCUT2D eigenvalue weighted by Crippen LogP contribution is 2.36. The Morgan fingerprint density at radius 3 is 2.89 bits per heavy atom. The van der Waals surface area contributed by atoms with Gasteiger partial charge >= 0.3 is 0 Å². The molecule has 0 radical (unpaired) electrons. The van der Waals surface area contributed by atoms with Crippen LogP contribution in [0, 0.1) is 0 Å². The summed E-state index contributed by atoms with van der Waals surface area (Å²) in [6, 6.07) is 3.70. The Kier molecular flexibility index (Phi) is 2.68. The number of halogens is 1. The van der Waals surface area contributed by atoms with Gasteiger partial charge in [-0.1, -0.05) is 11.6 Å². The zero-order chi connectivity index (χ0) is 12.9. The Labute approximate surface area is 110 Å². The van der Waals surface area contributed by atoms with Crippen LogP contribution in [0.4, 0.5) is 0 Å². The van der Waals surface area contributed by atoms with E-state index in [0.717, 1.165) is 46.6 Å². The SMILES string of the molecule is CC(=O)c1oc2ccc(Cl)c3c2c1CN(C)CC3. The molecule has 2 aromatic rings. The van der Waals surface area contributed by atoms with Crippen molar-refractivity contribution in [1.29, 1.82) is 0 Å². The first-order valence-electron chi connectivity index (χ1n) is 6.00. The second kappa shape index (κ2) is 4.11. The number of carbonyl (C=O) groups excluding carboxylic acids is 1. The Balaban J connectivity index is 2.39. The molecule has 3 nitrogen and oxygen atoms in total. The Morgan fingerprint density at radius 1 is 1.39 bits per heavy atom. The number of hydrogen-bond acceptors (Lipinski definition) is 3. The molecule has 0 saturated carbocycles. The van der Waals surface area contributed by atoms with E-state index in [9.17, 15) is 4.79 Å². The van der Waals surface area contributed by atoms with Gasteiger partial charge in [-0.05, 0) is 31.2 Å². The third-order valence-corrected chi connectivity index (χ3v) is 3.85. The highest BCUT2D eigenvalue weighted by atomic mass is 35.5. The molecule has 1 aromatic heterocycles. The zero-order valence-electron chi connectivity index (χ0n) is 10.4. The van der Waals surface area contributed by atoms with Gasteiger partial charge in [0.1, 0.15) is 5.58 Å². The van der Waals surface area contributed by atoms with Crippen molar-refractivity contribution in [2.24, 2.45) is 0 Å². The molecule has 0 amide bonds. The lowest BCUT2D eigenvalue weighted by Crippen LogP contribution is -2.19. The first-order valence-corrected chi connectivity index (χ1v) is 6.38. The summed E-state index contributed by atoms with van der Waals surface area (Å²) in [7, 11) is 2.04. The quantitative estimate of drug-likeness (QED) is 0.741. The van der Waals surface area contributed by atoms with E-state index in [-0.39, 0.29) is 5.78 Å². The molecule has 94 valence electrons. The highest BCUT2D eigenvalue weighted by Gasteiger charge is 2.24. The van der Waals surface area contributed by atoms with Gasteiger partial charge in [0.2, 0.25) is 0 Å². The maximum absolute atomic E-state index is 11.7. The van der Waals surface area contributed by atoms with Crippen LogP contribution in [0.5, 0.6) is 0 Å². The molecular formula is C14H14ClNO2. The maximum atomic E-state index is 11.7. The standard InChI is InChI=1S/C14H14ClNO2/c1-8(17)14-10-7-16(2)6-5-9-11(15)3-4-12(18-14)13(9)10/h3-4H,5-7H2,1-2H3. The van der Waals surface area contributed by atoms with Gasteiger partial charge < -0.3 is 9.32 Å². The maximum Gasteiger partial charge on any atom is 0.195 e. The van der Waals surface area contributed by atoms with E-state index in [4.69, 9.17) is 16.0 Å². The number of furan rings is 1. The predicted octanol–water partition coefficient (Wildman–Crippen LogP) is 3.28. The summed E-state index contributed by atoms with van der Waals surface area (Å²) in [5, 5.41) is 1.80. The van der Waals surface area contributed by atoms with Gasteiger partial charge in [0, 0.05) is 36.0 Å². The summed E-state index contributed by atoms with van der Waals surface area (Å²) >= 11 is 6.27. The van der Waals surface area contributed by atoms with E-state index in [0.29, 0.717) is 5.76 Å². The predicted molar refractivity (Wildman–Crippen MR) is 71.3 cm³/mol. The minimum atomic E-state index is -0.0291. The second-order valence-corrected chi connectivity index (χ2v) is 5.26. The largest absolute Gasteiger partial charge is 0.453 e. The zero-order valence-corrected chi connectivity index (χ0v) is 11.2.